The van der Waals surface area contributed by atoms with Gasteiger partial charge in [-0.05, 0) is 75.0 Å². The van der Waals surface area contributed by atoms with Gasteiger partial charge in [0.2, 0.25) is 0 Å². The first-order valence-electron chi connectivity index (χ1n) is 6.41. The van der Waals surface area contributed by atoms with E-state index in [1.807, 2.05) is 34.6 Å². The van der Waals surface area contributed by atoms with Gasteiger partial charge in [0.25, 0.3) is 0 Å². The predicted molar refractivity (Wildman–Crippen MR) is 72.6 cm³/mol. The molecule has 0 radical (unpaired) electrons. The van der Waals surface area contributed by atoms with Gasteiger partial charge in [-0.15, -0.1) is 0 Å². The van der Waals surface area contributed by atoms with E-state index in [0.29, 0.717) is 0 Å². The van der Waals surface area contributed by atoms with Crippen LogP contribution in [0.2, 0.25) is 0 Å². The predicted octanol–water partition coefficient (Wildman–Crippen LogP) is 4.44. The van der Waals surface area contributed by atoms with Crippen molar-refractivity contribution in [1.82, 2.24) is 5.32 Å². The summed E-state index contributed by atoms with van der Waals surface area (Å²) in [7, 11) is 1.58. The fraction of sp³-hybridized carbons (Fsp3) is 0.600. The van der Waals surface area contributed by atoms with Gasteiger partial charge in [0.1, 0.15) is 0 Å². The van der Waals surface area contributed by atoms with Crippen LogP contribution in [0.5, 0.6) is 0 Å². The van der Waals surface area contributed by atoms with Crippen LogP contribution in [0, 0.1) is 34.6 Å². The second-order valence-corrected chi connectivity index (χ2v) is 5.20. The summed E-state index contributed by atoms with van der Waals surface area (Å²) in [4.78, 5) is 0. The first-order chi connectivity index (χ1) is 8.60. The lowest BCUT2D eigenvalue weighted by Gasteiger charge is -2.26. The van der Waals surface area contributed by atoms with Crippen LogP contribution in [0.3, 0.4) is 0 Å². The fourth-order valence-corrected chi connectivity index (χ4v) is 2.63. The monoisotopic (exact) mass is 273 g/mol. The van der Waals surface area contributed by atoms with Crippen molar-refractivity contribution in [3.63, 3.8) is 0 Å². The van der Waals surface area contributed by atoms with Gasteiger partial charge in [0.15, 0.2) is 0 Å². The number of nitrogens with one attached hydrogen (secondary N) is 1. The van der Waals surface area contributed by atoms with Gasteiger partial charge >= 0.3 is 6.18 Å². The van der Waals surface area contributed by atoms with Gasteiger partial charge in [-0.1, -0.05) is 0 Å². The zero-order valence-electron chi connectivity index (χ0n) is 12.4. The summed E-state index contributed by atoms with van der Waals surface area (Å²) in [6, 6.07) is -0.682. The molecule has 0 bridgehead atoms. The Hall–Kier alpha value is -1.03. The molecule has 1 N–H and O–H groups in total. The van der Waals surface area contributed by atoms with E-state index in [2.05, 4.69) is 5.32 Å². The van der Waals surface area contributed by atoms with Gasteiger partial charge in [-0.2, -0.15) is 13.2 Å². The van der Waals surface area contributed by atoms with Gasteiger partial charge in [-0.25, -0.2) is 0 Å². The SMILES string of the molecule is CNC(CC(F)(F)F)c1c(C)c(C)c(C)c(C)c1C. The van der Waals surface area contributed by atoms with E-state index < -0.39 is 18.6 Å². The summed E-state index contributed by atoms with van der Waals surface area (Å²) in [5, 5.41) is 2.81. The lowest BCUT2D eigenvalue weighted by molar-refractivity contribution is -0.140. The number of alkyl halides is 3. The average molecular weight is 273 g/mol. The van der Waals surface area contributed by atoms with Crippen molar-refractivity contribution < 1.29 is 13.2 Å². The molecule has 1 unspecified atom stereocenters. The molecule has 108 valence electrons. The van der Waals surface area contributed by atoms with Crippen LogP contribution in [0.1, 0.15) is 45.8 Å². The van der Waals surface area contributed by atoms with Crippen LogP contribution in [0.25, 0.3) is 0 Å². The molecule has 1 atom stereocenters. The summed E-state index contributed by atoms with van der Waals surface area (Å²) >= 11 is 0. The van der Waals surface area contributed by atoms with E-state index >= 15 is 0 Å². The molecular weight excluding hydrogens is 251 g/mol. The van der Waals surface area contributed by atoms with Crippen molar-refractivity contribution in [2.45, 2.75) is 53.3 Å². The summed E-state index contributed by atoms with van der Waals surface area (Å²) in [5.74, 6) is 0. The normalized spacial score (nSPS) is 13.7. The molecular formula is C15H22F3N. The minimum absolute atomic E-state index is 0.682. The summed E-state index contributed by atoms with van der Waals surface area (Å²) in [6.45, 7) is 9.78. The molecule has 1 aromatic carbocycles. The van der Waals surface area contributed by atoms with Crippen LogP contribution in [0.15, 0.2) is 0 Å². The van der Waals surface area contributed by atoms with E-state index in [1.165, 1.54) is 5.56 Å². The third-order valence-corrected chi connectivity index (χ3v) is 4.19. The molecule has 0 spiro atoms. The first-order valence-corrected chi connectivity index (χ1v) is 6.41. The number of hydrogen-bond acceptors (Lipinski definition) is 1. The summed E-state index contributed by atoms with van der Waals surface area (Å²) in [5.41, 5.74) is 6.05. The second-order valence-electron chi connectivity index (χ2n) is 5.20. The Bertz CT molecular complexity index is 446. The van der Waals surface area contributed by atoms with E-state index in [9.17, 15) is 13.2 Å². The largest absolute Gasteiger partial charge is 0.390 e. The Balaban J connectivity index is 3.40. The Labute approximate surface area is 113 Å². The van der Waals surface area contributed by atoms with Crippen LogP contribution < -0.4 is 5.32 Å². The average Bonchev–Trinajstić information content (AvgIpc) is 2.31. The number of rotatable bonds is 3. The quantitative estimate of drug-likeness (QED) is 0.858. The second kappa shape index (κ2) is 5.53. The Kier molecular flexibility index (Phi) is 4.67. The summed E-state index contributed by atoms with van der Waals surface area (Å²) in [6.07, 6.45) is -5.01. The topological polar surface area (TPSA) is 12.0 Å². The van der Waals surface area contributed by atoms with Crippen LogP contribution >= 0.6 is 0 Å². The maximum atomic E-state index is 12.7. The molecule has 0 saturated carbocycles. The maximum absolute atomic E-state index is 12.7. The highest BCUT2D eigenvalue weighted by Gasteiger charge is 2.33. The minimum atomic E-state index is -4.17. The van der Waals surface area contributed by atoms with Gasteiger partial charge in [0.05, 0.1) is 6.42 Å². The van der Waals surface area contributed by atoms with Crippen molar-refractivity contribution in [1.29, 1.82) is 0 Å². The van der Waals surface area contributed by atoms with E-state index in [4.69, 9.17) is 0 Å². The molecule has 1 aromatic rings. The number of hydrogen-bond donors (Lipinski definition) is 1. The molecule has 4 heteroatoms. The van der Waals surface area contributed by atoms with Crippen molar-refractivity contribution >= 4 is 0 Å². The molecule has 0 aliphatic rings. The lowest BCUT2D eigenvalue weighted by atomic mass is 9.85. The van der Waals surface area contributed by atoms with Crippen molar-refractivity contribution in [3.05, 3.63) is 33.4 Å². The summed E-state index contributed by atoms with van der Waals surface area (Å²) < 4.78 is 38.0. The van der Waals surface area contributed by atoms with E-state index in [1.54, 1.807) is 7.05 Å². The van der Waals surface area contributed by atoms with Gasteiger partial charge in [0, 0.05) is 6.04 Å². The Morgan fingerprint density at radius 1 is 0.842 bits per heavy atom. The highest BCUT2D eigenvalue weighted by Crippen LogP contribution is 2.35. The van der Waals surface area contributed by atoms with E-state index in [-0.39, 0.29) is 0 Å². The first kappa shape index (κ1) is 16.0. The molecule has 0 aliphatic carbocycles. The molecule has 0 aromatic heterocycles. The molecule has 0 saturated heterocycles. The minimum Gasteiger partial charge on any atom is -0.313 e. The van der Waals surface area contributed by atoms with E-state index in [0.717, 1.165) is 27.8 Å². The maximum Gasteiger partial charge on any atom is 0.390 e. The zero-order chi connectivity index (χ0) is 15.0. The number of benzene rings is 1. The van der Waals surface area contributed by atoms with Crippen LogP contribution in [0.4, 0.5) is 13.2 Å². The molecule has 0 heterocycles. The number of halogens is 3. The third kappa shape index (κ3) is 3.30. The van der Waals surface area contributed by atoms with Crippen molar-refractivity contribution in [2.24, 2.45) is 0 Å². The van der Waals surface area contributed by atoms with Crippen LogP contribution in [-0.4, -0.2) is 13.2 Å². The third-order valence-electron chi connectivity index (χ3n) is 4.19. The fourth-order valence-electron chi connectivity index (χ4n) is 2.63. The standard InChI is InChI=1S/C15H22F3N/c1-8-9(2)11(4)14(12(5)10(8)3)13(19-6)7-15(16,17)18/h13,19H,7H2,1-6H3. The molecule has 1 nitrogen and oxygen atoms in total. The van der Waals surface area contributed by atoms with Crippen molar-refractivity contribution in [3.8, 4) is 0 Å². The molecule has 0 aliphatic heterocycles. The molecule has 0 amide bonds. The highest BCUT2D eigenvalue weighted by molar-refractivity contribution is 5.50. The molecule has 0 fully saturated rings. The van der Waals surface area contributed by atoms with Gasteiger partial charge in [-0.3, -0.25) is 0 Å². The zero-order valence-corrected chi connectivity index (χ0v) is 12.4. The van der Waals surface area contributed by atoms with Crippen LogP contribution in [-0.2, 0) is 0 Å². The van der Waals surface area contributed by atoms with Crippen molar-refractivity contribution in [2.75, 3.05) is 7.05 Å². The Morgan fingerprint density at radius 2 is 1.21 bits per heavy atom. The molecule has 1 rings (SSSR count). The lowest BCUT2D eigenvalue weighted by Crippen LogP contribution is -2.26. The highest BCUT2D eigenvalue weighted by atomic mass is 19.4. The molecule has 19 heavy (non-hydrogen) atoms. The smallest absolute Gasteiger partial charge is 0.313 e. The Morgan fingerprint density at radius 3 is 1.53 bits per heavy atom. The van der Waals surface area contributed by atoms with Gasteiger partial charge < -0.3 is 5.32 Å².